The fraction of sp³-hybridized carbons (Fsp3) is 0.429. The Hall–Kier alpha value is -0.830. The highest BCUT2D eigenvalue weighted by atomic mass is 79.9. The summed E-state index contributed by atoms with van der Waals surface area (Å²) in [5.41, 5.74) is 2.06. The summed E-state index contributed by atoms with van der Waals surface area (Å²) in [7, 11) is 0. The predicted octanol–water partition coefficient (Wildman–Crippen LogP) is 5.05. The highest BCUT2D eigenvalue weighted by Gasteiger charge is 2.13. The molecule has 1 atom stereocenters. The third kappa shape index (κ3) is 2.71. The number of fused-ring (bicyclic) bond motifs is 1. The molecule has 0 saturated heterocycles. The van der Waals surface area contributed by atoms with E-state index >= 15 is 0 Å². The maximum Gasteiger partial charge on any atom is 0.134 e. The molecule has 0 aliphatic carbocycles. The Balaban J connectivity index is 2.45. The third-order valence-electron chi connectivity index (χ3n) is 2.95. The largest absolute Gasteiger partial charge is 0.461 e. The van der Waals surface area contributed by atoms with Crippen LogP contribution in [0.2, 0.25) is 0 Å². The van der Waals surface area contributed by atoms with Gasteiger partial charge in [-0.2, -0.15) is 0 Å². The molecule has 92 valence electrons. The molecule has 1 unspecified atom stereocenters. The molecular weight excluding hydrogens is 283 g/mol. The first-order valence-corrected chi connectivity index (χ1v) is 6.75. The minimum absolute atomic E-state index is 0.550. The first kappa shape index (κ1) is 12.6. The lowest BCUT2D eigenvalue weighted by Crippen LogP contribution is -1.97. The van der Waals surface area contributed by atoms with Crippen molar-refractivity contribution in [3.8, 4) is 0 Å². The van der Waals surface area contributed by atoms with E-state index in [0.717, 1.165) is 39.6 Å². The first-order chi connectivity index (χ1) is 8.11. The molecule has 0 saturated carbocycles. The SMILES string of the molecule is CCc1oc2ccc(Br)cc2c1CCC(C)F. The van der Waals surface area contributed by atoms with E-state index in [1.807, 2.05) is 12.1 Å². The average molecular weight is 299 g/mol. The van der Waals surface area contributed by atoms with Crippen molar-refractivity contribution in [3.05, 3.63) is 34.0 Å². The molecule has 0 fully saturated rings. The second kappa shape index (κ2) is 5.21. The molecule has 1 aromatic carbocycles. The number of furan rings is 1. The number of benzene rings is 1. The smallest absolute Gasteiger partial charge is 0.134 e. The van der Waals surface area contributed by atoms with Crippen molar-refractivity contribution in [2.24, 2.45) is 0 Å². The zero-order chi connectivity index (χ0) is 12.4. The van der Waals surface area contributed by atoms with Gasteiger partial charge < -0.3 is 4.42 Å². The predicted molar refractivity (Wildman–Crippen MR) is 72.2 cm³/mol. The van der Waals surface area contributed by atoms with E-state index in [0.29, 0.717) is 6.42 Å². The van der Waals surface area contributed by atoms with Gasteiger partial charge in [0.05, 0.1) is 6.17 Å². The van der Waals surface area contributed by atoms with E-state index in [2.05, 4.69) is 28.9 Å². The summed E-state index contributed by atoms with van der Waals surface area (Å²) in [6.07, 6.45) is 1.37. The highest BCUT2D eigenvalue weighted by molar-refractivity contribution is 9.10. The molecule has 0 spiro atoms. The lowest BCUT2D eigenvalue weighted by atomic mass is 10.0. The van der Waals surface area contributed by atoms with Crippen LogP contribution in [-0.4, -0.2) is 6.17 Å². The van der Waals surface area contributed by atoms with Gasteiger partial charge in [-0.1, -0.05) is 22.9 Å². The van der Waals surface area contributed by atoms with Gasteiger partial charge in [0.1, 0.15) is 11.3 Å². The summed E-state index contributed by atoms with van der Waals surface area (Å²) in [4.78, 5) is 0. The van der Waals surface area contributed by atoms with Crippen molar-refractivity contribution in [1.82, 2.24) is 0 Å². The van der Waals surface area contributed by atoms with Crippen molar-refractivity contribution in [1.29, 1.82) is 0 Å². The van der Waals surface area contributed by atoms with Crippen molar-refractivity contribution in [3.63, 3.8) is 0 Å². The monoisotopic (exact) mass is 298 g/mol. The zero-order valence-corrected chi connectivity index (χ0v) is 11.7. The molecule has 2 aromatic rings. The van der Waals surface area contributed by atoms with Gasteiger partial charge >= 0.3 is 0 Å². The van der Waals surface area contributed by atoms with Crippen LogP contribution in [-0.2, 0) is 12.8 Å². The normalized spacial score (nSPS) is 13.2. The molecule has 1 nitrogen and oxygen atoms in total. The molecule has 0 radical (unpaired) electrons. The van der Waals surface area contributed by atoms with Crippen LogP contribution >= 0.6 is 15.9 Å². The van der Waals surface area contributed by atoms with E-state index < -0.39 is 6.17 Å². The molecule has 1 heterocycles. The second-order valence-corrected chi connectivity index (χ2v) is 5.23. The fourth-order valence-electron chi connectivity index (χ4n) is 2.07. The van der Waals surface area contributed by atoms with E-state index in [9.17, 15) is 4.39 Å². The molecule has 0 bridgehead atoms. The fourth-order valence-corrected chi connectivity index (χ4v) is 2.44. The zero-order valence-electron chi connectivity index (χ0n) is 10.1. The number of halogens is 2. The van der Waals surface area contributed by atoms with Gasteiger partial charge in [0.2, 0.25) is 0 Å². The quantitative estimate of drug-likeness (QED) is 0.770. The Labute approximate surface area is 109 Å². The Kier molecular flexibility index (Phi) is 3.87. The summed E-state index contributed by atoms with van der Waals surface area (Å²) in [5, 5.41) is 1.11. The minimum Gasteiger partial charge on any atom is -0.461 e. The molecule has 2 rings (SSSR count). The molecule has 0 aliphatic rings. The Morgan fingerprint density at radius 2 is 2.18 bits per heavy atom. The molecule has 0 amide bonds. The van der Waals surface area contributed by atoms with Crippen molar-refractivity contribution in [2.45, 2.75) is 39.3 Å². The van der Waals surface area contributed by atoms with Crippen LogP contribution in [0, 0.1) is 0 Å². The highest BCUT2D eigenvalue weighted by Crippen LogP contribution is 2.30. The van der Waals surface area contributed by atoms with E-state index in [-0.39, 0.29) is 0 Å². The molecule has 0 aliphatic heterocycles. The molecule has 3 heteroatoms. The van der Waals surface area contributed by atoms with Crippen LogP contribution in [0.15, 0.2) is 27.1 Å². The molecule has 0 N–H and O–H groups in total. The van der Waals surface area contributed by atoms with Gasteiger partial charge in [-0.25, -0.2) is 4.39 Å². The van der Waals surface area contributed by atoms with E-state index in [4.69, 9.17) is 4.42 Å². The summed E-state index contributed by atoms with van der Waals surface area (Å²) < 4.78 is 19.8. The van der Waals surface area contributed by atoms with Crippen LogP contribution in [0.4, 0.5) is 4.39 Å². The maximum absolute atomic E-state index is 13.0. The van der Waals surface area contributed by atoms with Crippen LogP contribution in [0.1, 0.15) is 31.6 Å². The number of alkyl halides is 1. The first-order valence-electron chi connectivity index (χ1n) is 5.95. The standard InChI is InChI=1S/C14H16BrFO/c1-3-13-11(6-4-9(2)16)12-8-10(15)5-7-14(12)17-13/h5,7-9H,3-4,6H2,1-2H3. The number of hydrogen-bond donors (Lipinski definition) is 0. The number of rotatable bonds is 4. The van der Waals surface area contributed by atoms with Crippen LogP contribution in [0.25, 0.3) is 11.0 Å². The summed E-state index contributed by atoms with van der Waals surface area (Å²) in [6, 6.07) is 5.98. The lowest BCUT2D eigenvalue weighted by molar-refractivity contribution is 0.341. The van der Waals surface area contributed by atoms with Crippen LogP contribution in [0.3, 0.4) is 0 Å². The Morgan fingerprint density at radius 1 is 1.41 bits per heavy atom. The lowest BCUT2D eigenvalue weighted by Gasteiger charge is -2.02. The van der Waals surface area contributed by atoms with E-state index in [1.165, 1.54) is 0 Å². The average Bonchev–Trinajstić information content (AvgIpc) is 2.63. The molecule has 1 aromatic heterocycles. The van der Waals surface area contributed by atoms with Crippen molar-refractivity contribution >= 4 is 26.9 Å². The van der Waals surface area contributed by atoms with Crippen molar-refractivity contribution < 1.29 is 8.81 Å². The summed E-state index contributed by atoms with van der Waals surface area (Å²) in [5.74, 6) is 0.985. The van der Waals surface area contributed by atoms with Gasteiger partial charge in [-0.05, 0) is 38.0 Å². The van der Waals surface area contributed by atoms with Gasteiger partial charge in [0.25, 0.3) is 0 Å². The van der Waals surface area contributed by atoms with Crippen molar-refractivity contribution in [2.75, 3.05) is 0 Å². The number of hydrogen-bond acceptors (Lipinski definition) is 1. The van der Waals surface area contributed by atoms with Gasteiger partial charge in [0.15, 0.2) is 0 Å². The number of aryl methyl sites for hydroxylation is 2. The van der Waals surface area contributed by atoms with Crippen LogP contribution in [0.5, 0.6) is 0 Å². The van der Waals surface area contributed by atoms with Crippen LogP contribution < -0.4 is 0 Å². The third-order valence-corrected chi connectivity index (χ3v) is 3.44. The Morgan fingerprint density at radius 3 is 2.82 bits per heavy atom. The maximum atomic E-state index is 13.0. The topological polar surface area (TPSA) is 13.1 Å². The van der Waals surface area contributed by atoms with E-state index in [1.54, 1.807) is 6.92 Å². The second-order valence-electron chi connectivity index (χ2n) is 4.32. The summed E-state index contributed by atoms with van der Waals surface area (Å²) in [6.45, 7) is 3.67. The van der Waals surface area contributed by atoms with Gasteiger partial charge in [-0.15, -0.1) is 0 Å². The Bertz CT molecular complexity index is 516. The van der Waals surface area contributed by atoms with Gasteiger partial charge in [-0.3, -0.25) is 0 Å². The minimum atomic E-state index is -0.767. The summed E-state index contributed by atoms with van der Waals surface area (Å²) >= 11 is 3.46. The molecule has 17 heavy (non-hydrogen) atoms. The van der Waals surface area contributed by atoms with Gasteiger partial charge in [0, 0.05) is 21.8 Å². The molecular formula is C14H16BrFO.